The van der Waals surface area contributed by atoms with E-state index in [9.17, 15) is 4.79 Å². The number of carbonyl (C=O) groups is 1. The van der Waals surface area contributed by atoms with E-state index in [-0.39, 0.29) is 5.97 Å². The van der Waals surface area contributed by atoms with Crippen LogP contribution in [0.2, 0.25) is 0 Å². The van der Waals surface area contributed by atoms with Crippen molar-refractivity contribution in [1.82, 2.24) is 0 Å². The quantitative estimate of drug-likeness (QED) is 0.401. The minimum Gasteiger partial charge on any atom is -0.463 e. The van der Waals surface area contributed by atoms with Gasteiger partial charge < -0.3 is 4.74 Å². The fraction of sp³-hybridized carbons (Fsp3) is 0.571. The van der Waals surface area contributed by atoms with E-state index in [2.05, 4.69) is 20.7 Å². The molecule has 0 spiro atoms. The summed E-state index contributed by atoms with van der Waals surface area (Å²) in [6.45, 7) is 4.09. The van der Waals surface area contributed by atoms with Crippen molar-refractivity contribution in [2.24, 2.45) is 0 Å². The second-order valence-corrected chi connectivity index (χ2v) is 2.44. The van der Waals surface area contributed by atoms with Gasteiger partial charge in [-0.3, -0.25) is 0 Å². The summed E-state index contributed by atoms with van der Waals surface area (Å²) in [6.07, 6.45) is 1.48. The van der Waals surface area contributed by atoms with Crippen molar-refractivity contribution >= 4 is 21.9 Å². The Labute approximate surface area is 69.4 Å². The fourth-order valence-electron chi connectivity index (χ4n) is 0.424. The molecule has 10 heavy (non-hydrogen) atoms. The number of alkyl halides is 1. The molecule has 0 aliphatic rings. The molecule has 0 aromatic carbocycles. The topological polar surface area (TPSA) is 26.3 Å². The van der Waals surface area contributed by atoms with E-state index >= 15 is 0 Å². The van der Waals surface area contributed by atoms with Crippen molar-refractivity contribution in [2.45, 2.75) is 13.8 Å². The van der Waals surface area contributed by atoms with Crippen molar-refractivity contribution < 1.29 is 9.53 Å². The first kappa shape index (κ1) is 9.69. The van der Waals surface area contributed by atoms with E-state index in [1.54, 1.807) is 6.92 Å². The van der Waals surface area contributed by atoms with E-state index in [1.165, 1.54) is 6.08 Å². The van der Waals surface area contributed by atoms with Gasteiger partial charge in [0, 0.05) is 11.4 Å². The molecule has 0 radical (unpaired) electrons. The van der Waals surface area contributed by atoms with E-state index < -0.39 is 0 Å². The minimum atomic E-state index is -0.264. The van der Waals surface area contributed by atoms with Crippen LogP contribution in [0.25, 0.3) is 0 Å². The van der Waals surface area contributed by atoms with Crippen LogP contribution in [0.1, 0.15) is 13.8 Å². The van der Waals surface area contributed by atoms with Gasteiger partial charge in [-0.05, 0) is 13.8 Å². The zero-order valence-electron chi connectivity index (χ0n) is 6.19. The van der Waals surface area contributed by atoms with Crippen LogP contribution in [0, 0.1) is 0 Å². The molecule has 2 nitrogen and oxygen atoms in total. The highest BCUT2D eigenvalue weighted by Crippen LogP contribution is 1.97. The number of esters is 1. The summed E-state index contributed by atoms with van der Waals surface area (Å²) in [7, 11) is 0. The van der Waals surface area contributed by atoms with Gasteiger partial charge in [-0.15, -0.1) is 0 Å². The van der Waals surface area contributed by atoms with Crippen LogP contribution in [0.15, 0.2) is 11.6 Å². The SMILES string of the molecule is CCOC(=O)/C=C(\C)CBr. The lowest BCUT2D eigenvalue weighted by Crippen LogP contribution is -2.00. The van der Waals surface area contributed by atoms with Gasteiger partial charge in [0.25, 0.3) is 0 Å². The zero-order valence-corrected chi connectivity index (χ0v) is 7.77. The van der Waals surface area contributed by atoms with Crippen molar-refractivity contribution in [2.75, 3.05) is 11.9 Å². The van der Waals surface area contributed by atoms with E-state index in [1.807, 2.05) is 6.92 Å². The number of rotatable bonds is 3. The number of halogens is 1. The molecule has 0 heterocycles. The van der Waals surface area contributed by atoms with Crippen LogP contribution in [-0.4, -0.2) is 17.9 Å². The first-order valence-corrected chi connectivity index (χ1v) is 4.22. The average Bonchev–Trinajstić information content (AvgIpc) is 1.88. The zero-order chi connectivity index (χ0) is 7.98. The number of hydrogen-bond donors (Lipinski definition) is 0. The molecule has 0 N–H and O–H groups in total. The molecule has 0 saturated carbocycles. The molecule has 0 aliphatic carbocycles. The largest absolute Gasteiger partial charge is 0.463 e. The van der Waals surface area contributed by atoms with Crippen molar-refractivity contribution in [1.29, 1.82) is 0 Å². The molecule has 0 unspecified atom stereocenters. The fourth-order valence-corrected chi connectivity index (χ4v) is 0.586. The lowest BCUT2D eigenvalue weighted by Gasteiger charge is -1.95. The molecule has 0 saturated heterocycles. The molecular formula is C7H11BrO2. The molecule has 58 valence electrons. The van der Waals surface area contributed by atoms with Crippen LogP contribution in [0.4, 0.5) is 0 Å². The summed E-state index contributed by atoms with van der Waals surface area (Å²) in [6, 6.07) is 0. The Morgan fingerprint density at radius 3 is 2.70 bits per heavy atom. The predicted octanol–water partition coefficient (Wildman–Crippen LogP) is 1.89. The Morgan fingerprint density at radius 1 is 1.70 bits per heavy atom. The number of carbonyl (C=O) groups excluding carboxylic acids is 1. The minimum absolute atomic E-state index is 0.264. The van der Waals surface area contributed by atoms with Gasteiger partial charge in [0.2, 0.25) is 0 Å². The van der Waals surface area contributed by atoms with Gasteiger partial charge in [-0.1, -0.05) is 21.5 Å². The summed E-state index contributed by atoms with van der Waals surface area (Å²) < 4.78 is 4.68. The monoisotopic (exact) mass is 206 g/mol. The molecule has 0 fully saturated rings. The normalized spacial score (nSPS) is 11.3. The Bertz CT molecular complexity index is 141. The summed E-state index contributed by atoms with van der Waals surface area (Å²) in [4.78, 5) is 10.7. The van der Waals surface area contributed by atoms with Gasteiger partial charge >= 0.3 is 5.97 Å². The second-order valence-electron chi connectivity index (χ2n) is 1.88. The molecule has 0 atom stereocenters. The second kappa shape index (κ2) is 5.47. The maximum atomic E-state index is 10.7. The van der Waals surface area contributed by atoms with Crippen molar-refractivity contribution in [3.63, 3.8) is 0 Å². The van der Waals surface area contributed by atoms with Crippen molar-refractivity contribution in [3.05, 3.63) is 11.6 Å². The third kappa shape index (κ3) is 4.56. The maximum absolute atomic E-state index is 10.7. The first-order chi connectivity index (χ1) is 4.70. The summed E-state index contributed by atoms with van der Waals surface area (Å²) in [5.74, 6) is -0.264. The Hall–Kier alpha value is -0.310. The number of allylic oxidation sites excluding steroid dienone is 1. The maximum Gasteiger partial charge on any atom is 0.330 e. The highest BCUT2D eigenvalue weighted by Gasteiger charge is 1.95. The van der Waals surface area contributed by atoms with Gasteiger partial charge in [-0.25, -0.2) is 4.79 Å². The third-order valence-electron chi connectivity index (χ3n) is 0.862. The Balaban J connectivity index is 3.75. The van der Waals surface area contributed by atoms with Crippen LogP contribution >= 0.6 is 15.9 Å². The Kier molecular flexibility index (Phi) is 5.30. The van der Waals surface area contributed by atoms with E-state index in [4.69, 9.17) is 0 Å². The number of ether oxygens (including phenoxy) is 1. The highest BCUT2D eigenvalue weighted by atomic mass is 79.9. The van der Waals surface area contributed by atoms with Crippen molar-refractivity contribution in [3.8, 4) is 0 Å². The van der Waals surface area contributed by atoms with Gasteiger partial charge in [0.15, 0.2) is 0 Å². The Morgan fingerprint density at radius 2 is 2.30 bits per heavy atom. The van der Waals surface area contributed by atoms with E-state index in [0.29, 0.717) is 11.9 Å². The summed E-state index contributed by atoms with van der Waals surface area (Å²) in [5.41, 5.74) is 0.971. The predicted molar refractivity (Wildman–Crippen MR) is 44.2 cm³/mol. The van der Waals surface area contributed by atoms with Gasteiger partial charge in [0.1, 0.15) is 0 Å². The van der Waals surface area contributed by atoms with Crippen LogP contribution in [-0.2, 0) is 9.53 Å². The smallest absolute Gasteiger partial charge is 0.330 e. The average molecular weight is 207 g/mol. The molecule has 0 aliphatic heterocycles. The molecular weight excluding hydrogens is 196 g/mol. The molecule has 3 heteroatoms. The number of hydrogen-bond acceptors (Lipinski definition) is 2. The standard InChI is InChI=1S/C7H11BrO2/c1-3-10-7(9)4-6(2)5-8/h4H,3,5H2,1-2H3/b6-4+. The van der Waals surface area contributed by atoms with Gasteiger partial charge in [0.05, 0.1) is 6.61 Å². The summed E-state index contributed by atoms with van der Waals surface area (Å²) >= 11 is 3.22. The van der Waals surface area contributed by atoms with Gasteiger partial charge in [-0.2, -0.15) is 0 Å². The van der Waals surface area contributed by atoms with Crippen LogP contribution in [0.5, 0.6) is 0 Å². The lowest BCUT2D eigenvalue weighted by atomic mass is 10.3. The lowest BCUT2D eigenvalue weighted by molar-refractivity contribution is -0.137. The van der Waals surface area contributed by atoms with E-state index in [0.717, 1.165) is 5.57 Å². The molecule has 0 bridgehead atoms. The molecule has 0 rings (SSSR count). The van der Waals surface area contributed by atoms with Crippen LogP contribution < -0.4 is 0 Å². The highest BCUT2D eigenvalue weighted by molar-refractivity contribution is 9.09. The van der Waals surface area contributed by atoms with Crippen LogP contribution in [0.3, 0.4) is 0 Å². The summed E-state index contributed by atoms with van der Waals surface area (Å²) in [5, 5.41) is 0.714. The molecule has 0 aromatic rings. The third-order valence-corrected chi connectivity index (χ3v) is 1.75. The molecule has 0 amide bonds. The molecule has 0 aromatic heterocycles. The first-order valence-electron chi connectivity index (χ1n) is 3.10.